The molecule has 1 unspecified atom stereocenters. The van der Waals surface area contributed by atoms with Crippen LogP contribution in [0, 0.1) is 11.3 Å². The summed E-state index contributed by atoms with van der Waals surface area (Å²) >= 11 is 0. The minimum atomic E-state index is 0.146. The largest absolute Gasteiger partial charge is 0.0874 e. The van der Waals surface area contributed by atoms with Crippen molar-refractivity contribution in [2.45, 2.75) is 40.5 Å². The standard InChI is InChI=1S/C20H26/c1-5-11-16(6-2)19(17-12-8-7-9-13-17)20(3,4)18-14-10-15-18/h5-8,10-12,14-15,19H,9,13H2,1-4H3/b11-5-,16-6+. The average molecular weight is 266 g/mol. The lowest BCUT2D eigenvalue weighted by Crippen LogP contribution is -2.30. The van der Waals surface area contributed by atoms with Gasteiger partial charge in [-0.15, -0.1) is 0 Å². The van der Waals surface area contributed by atoms with Crippen LogP contribution in [0.5, 0.6) is 0 Å². The topological polar surface area (TPSA) is 0 Å². The molecule has 1 atom stereocenters. The zero-order valence-electron chi connectivity index (χ0n) is 13.2. The Morgan fingerprint density at radius 3 is 2.40 bits per heavy atom. The zero-order chi connectivity index (χ0) is 14.6. The lowest BCUT2D eigenvalue weighted by molar-refractivity contribution is 0.347. The molecule has 0 aromatic rings. The van der Waals surface area contributed by atoms with E-state index in [2.05, 4.69) is 82.4 Å². The summed E-state index contributed by atoms with van der Waals surface area (Å²) in [7, 11) is 0. The summed E-state index contributed by atoms with van der Waals surface area (Å²) in [6.45, 7) is 9.01. The van der Waals surface area contributed by atoms with Gasteiger partial charge in [-0.1, -0.05) is 74.1 Å². The Kier molecular flexibility index (Phi) is 4.65. The smallest absolute Gasteiger partial charge is 0.0140 e. The summed E-state index contributed by atoms with van der Waals surface area (Å²) < 4.78 is 0. The molecule has 2 aliphatic carbocycles. The minimum absolute atomic E-state index is 0.146. The Morgan fingerprint density at radius 1 is 1.20 bits per heavy atom. The first-order valence-corrected chi connectivity index (χ1v) is 7.64. The highest BCUT2D eigenvalue weighted by atomic mass is 14.4. The van der Waals surface area contributed by atoms with Crippen LogP contribution in [-0.4, -0.2) is 0 Å². The fraction of sp³-hybridized carbons (Fsp3) is 0.400. The summed E-state index contributed by atoms with van der Waals surface area (Å²) in [5.41, 5.74) is 4.60. The van der Waals surface area contributed by atoms with Gasteiger partial charge in [-0.2, -0.15) is 0 Å². The molecule has 0 spiro atoms. The SMILES string of the molecule is C/C=C\C(=C/C)C(C1=CC=CCC1)C(C)(C)C1=CC=C1. The first-order valence-electron chi connectivity index (χ1n) is 7.64. The molecule has 0 aromatic heterocycles. The van der Waals surface area contributed by atoms with Crippen molar-refractivity contribution in [3.63, 3.8) is 0 Å². The summed E-state index contributed by atoms with van der Waals surface area (Å²) in [4.78, 5) is 0. The highest BCUT2D eigenvalue weighted by Gasteiger charge is 2.36. The highest BCUT2D eigenvalue weighted by Crippen LogP contribution is 2.47. The van der Waals surface area contributed by atoms with Gasteiger partial charge < -0.3 is 0 Å². The van der Waals surface area contributed by atoms with Crippen LogP contribution in [-0.2, 0) is 0 Å². The predicted octanol–water partition coefficient (Wildman–Crippen LogP) is 5.92. The summed E-state index contributed by atoms with van der Waals surface area (Å²) in [5.74, 6) is 0.463. The van der Waals surface area contributed by atoms with Crippen molar-refractivity contribution in [2.24, 2.45) is 11.3 Å². The predicted molar refractivity (Wildman–Crippen MR) is 89.5 cm³/mol. The molecule has 106 valence electrons. The van der Waals surface area contributed by atoms with E-state index in [-0.39, 0.29) is 5.41 Å². The third kappa shape index (κ3) is 2.80. The second-order valence-electron chi connectivity index (χ2n) is 6.13. The molecule has 2 aliphatic rings. The van der Waals surface area contributed by atoms with Gasteiger partial charge in [0, 0.05) is 11.3 Å². The molecule has 0 aliphatic heterocycles. The van der Waals surface area contributed by atoms with Gasteiger partial charge >= 0.3 is 0 Å². The van der Waals surface area contributed by atoms with Gasteiger partial charge in [0.05, 0.1) is 0 Å². The lowest BCUT2D eigenvalue weighted by atomic mass is 9.63. The maximum Gasteiger partial charge on any atom is 0.0140 e. The van der Waals surface area contributed by atoms with Crippen molar-refractivity contribution < 1.29 is 0 Å². The van der Waals surface area contributed by atoms with Gasteiger partial charge in [-0.3, -0.25) is 0 Å². The zero-order valence-corrected chi connectivity index (χ0v) is 13.2. The van der Waals surface area contributed by atoms with Crippen molar-refractivity contribution in [2.75, 3.05) is 0 Å². The molecule has 0 N–H and O–H groups in total. The van der Waals surface area contributed by atoms with E-state index in [0.29, 0.717) is 5.92 Å². The van der Waals surface area contributed by atoms with Gasteiger partial charge in [0.15, 0.2) is 0 Å². The lowest BCUT2D eigenvalue weighted by Gasteiger charge is -2.40. The van der Waals surface area contributed by atoms with Crippen molar-refractivity contribution in [1.82, 2.24) is 0 Å². The van der Waals surface area contributed by atoms with Crippen LogP contribution in [0.4, 0.5) is 0 Å². The fourth-order valence-corrected chi connectivity index (χ4v) is 3.30. The normalized spacial score (nSPS) is 20.7. The molecule has 0 bridgehead atoms. The molecule has 0 saturated carbocycles. The average Bonchev–Trinajstić information content (AvgIpc) is 2.36. The summed E-state index contributed by atoms with van der Waals surface area (Å²) in [6.07, 6.45) is 22.5. The van der Waals surface area contributed by atoms with Crippen molar-refractivity contribution in [1.29, 1.82) is 0 Å². The van der Waals surface area contributed by atoms with E-state index >= 15 is 0 Å². The minimum Gasteiger partial charge on any atom is -0.0874 e. The number of rotatable bonds is 5. The molecule has 0 heteroatoms. The van der Waals surface area contributed by atoms with E-state index in [1.165, 1.54) is 24.0 Å². The second kappa shape index (κ2) is 6.26. The van der Waals surface area contributed by atoms with Crippen molar-refractivity contribution >= 4 is 0 Å². The van der Waals surface area contributed by atoms with Gasteiger partial charge in [0.1, 0.15) is 0 Å². The molecular formula is C20H26. The molecule has 2 rings (SSSR count). The van der Waals surface area contributed by atoms with Gasteiger partial charge in [-0.05, 0) is 37.8 Å². The molecule has 0 heterocycles. The van der Waals surface area contributed by atoms with Crippen LogP contribution >= 0.6 is 0 Å². The first kappa shape index (κ1) is 14.8. The number of hydrogen-bond donors (Lipinski definition) is 0. The Bertz CT molecular complexity index is 530. The third-order valence-corrected chi connectivity index (χ3v) is 4.46. The van der Waals surface area contributed by atoms with Gasteiger partial charge in [0.25, 0.3) is 0 Å². The van der Waals surface area contributed by atoms with Gasteiger partial charge in [-0.25, -0.2) is 0 Å². The van der Waals surface area contributed by atoms with Crippen LogP contribution in [0.3, 0.4) is 0 Å². The van der Waals surface area contributed by atoms with Crippen LogP contribution in [0.2, 0.25) is 0 Å². The number of hydrogen-bond acceptors (Lipinski definition) is 0. The molecule has 0 radical (unpaired) electrons. The van der Waals surface area contributed by atoms with E-state index < -0.39 is 0 Å². The molecule has 0 fully saturated rings. The Labute approximate surface area is 124 Å². The van der Waals surface area contributed by atoms with E-state index in [1.807, 2.05) is 0 Å². The Hall–Kier alpha value is -1.56. The van der Waals surface area contributed by atoms with Crippen LogP contribution < -0.4 is 0 Å². The fourth-order valence-electron chi connectivity index (χ4n) is 3.30. The molecule has 0 aromatic carbocycles. The van der Waals surface area contributed by atoms with E-state index in [4.69, 9.17) is 0 Å². The van der Waals surface area contributed by atoms with Crippen LogP contribution in [0.15, 0.2) is 71.4 Å². The summed E-state index contributed by atoms with van der Waals surface area (Å²) in [6, 6.07) is 0. The molecule has 0 amide bonds. The maximum absolute atomic E-state index is 2.37. The quantitative estimate of drug-likeness (QED) is 0.541. The van der Waals surface area contributed by atoms with E-state index in [9.17, 15) is 0 Å². The molecule has 0 nitrogen and oxygen atoms in total. The highest BCUT2D eigenvalue weighted by molar-refractivity contribution is 5.46. The maximum atomic E-state index is 2.37. The number of allylic oxidation sites excluding steroid dienone is 12. The molecule has 0 saturated heterocycles. The molecule has 20 heavy (non-hydrogen) atoms. The monoisotopic (exact) mass is 266 g/mol. The third-order valence-electron chi connectivity index (χ3n) is 4.46. The molecular weight excluding hydrogens is 240 g/mol. The van der Waals surface area contributed by atoms with Crippen molar-refractivity contribution in [3.05, 3.63) is 71.4 Å². The van der Waals surface area contributed by atoms with E-state index in [1.54, 1.807) is 5.57 Å². The Balaban J connectivity index is 2.43. The van der Waals surface area contributed by atoms with Gasteiger partial charge in [0.2, 0.25) is 0 Å². The van der Waals surface area contributed by atoms with Crippen LogP contribution in [0.25, 0.3) is 0 Å². The van der Waals surface area contributed by atoms with Crippen molar-refractivity contribution in [3.8, 4) is 0 Å². The Morgan fingerprint density at radius 2 is 1.95 bits per heavy atom. The summed E-state index contributed by atoms with van der Waals surface area (Å²) in [5, 5.41) is 0. The van der Waals surface area contributed by atoms with E-state index in [0.717, 1.165) is 0 Å². The van der Waals surface area contributed by atoms with Crippen LogP contribution in [0.1, 0.15) is 40.5 Å². The first-order chi connectivity index (χ1) is 9.61. The second-order valence-corrected chi connectivity index (χ2v) is 6.13.